The van der Waals surface area contributed by atoms with Crippen molar-refractivity contribution in [1.82, 2.24) is 9.88 Å². The lowest BCUT2D eigenvalue weighted by atomic mass is 10.1. The average Bonchev–Trinajstić information content (AvgIpc) is 2.44. The smallest absolute Gasteiger partial charge is 0.268 e. The van der Waals surface area contributed by atoms with Crippen LogP contribution in [0.1, 0.15) is 26.3 Å². The lowest BCUT2D eigenvalue weighted by Crippen LogP contribution is -2.42. The minimum absolute atomic E-state index is 0.252. The van der Waals surface area contributed by atoms with Crippen LogP contribution >= 0.6 is 15.9 Å². The fourth-order valence-corrected chi connectivity index (χ4v) is 2.45. The number of halogens is 1. The van der Waals surface area contributed by atoms with Gasteiger partial charge in [0.05, 0.1) is 0 Å². The van der Waals surface area contributed by atoms with Crippen LogP contribution in [-0.4, -0.2) is 16.0 Å². The van der Waals surface area contributed by atoms with Crippen LogP contribution in [0.2, 0.25) is 0 Å². The van der Waals surface area contributed by atoms with Crippen molar-refractivity contribution in [3.63, 3.8) is 0 Å². The van der Waals surface area contributed by atoms with Crippen molar-refractivity contribution in [2.45, 2.75) is 26.3 Å². The Morgan fingerprint density at radius 2 is 1.91 bits per heavy atom. The van der Waals surface area contributed by atoms with E-state index in [1.54, 1.807) is 24.4 Å². The topological polar surface area (TPSA) is 51.1 Å². The molecule has 0 saturated heterocycles. The maximum absolute atomic E-state index is 12.6. The van der Waals surface area contributed by atoms with E-state index in [0.717, 1.165) is 10.0 Å². The molecule has 0 spiro atoms. The van der Waals surface area contributed by atoms with Crippen LogP contribution in [-0.2, 0) is 4.79 Å². The van der Waals surface area contributed by atoms with Crippen molar-refractivity contribution in [3.05, 3.63) is 69.1 Å². The number of aromatic nitrogens is 1. The van der Waals surface area contributed by atoms with Gasteiger partial charge in [0.15, 0.2) is 0 Å². The normalized spacial score (nSPS) is 12.1. The summed E-state index contributed by atoms with van der Waals surface area (Å²) >= 11 is 3.41. The number of carbonyl (C=O) groups is 1. The molecule has 0 aliphatic rings. The number of amides is 1. The third-order valence-corrected chi connectivity index (χ3v) is 3.45. The summed E-state index contributed by atoms with van der Waals surface area (Å²) in [6.45, 7) is 5.69. The molecule has 0 aliphatic heterocycles. The molecule has 120 valence electrons. The molecule has 0 atom stereocenters. The summed E-state index contributed by atoms with van der Waals surface area (Å²) in [6, 6.07) is 12.3. The highest BCUT2D eigenvalue weighted by Crippen LogP contribution is 2.16. The summed E-state index contributed by atoms with van der Waals surface area (Å²) in [5.41, 5.74) is 0.460. The van der Waals surface area contributed by atoms with Gasteiger partial charge in [-0.1, -0.05) is 34.1 Å². The first-order valence-electron chi connectivity index (χ1n) is 7.24. The fourth-order valence-electron chi connectivity index (χ4n) is 2.03. The minimum atomic E-state index is -0.397. The number of carbonyl (C=O) groups excluding carboxylic acids is 1. The second kappa shape index (κ2) is 6.96. The molecule has 0 saturated carbocycles. The number of hydrogen-bond donors (Lipinski definition) is 1. The van der Waals surface area contributed by atoms with Gasteiger partial charge >= 0.3 is 0 Å². The lowest BCUT2D eigenvalue weighted by molar-refractivity contribution is -0.117. The van der Waals surface area contributed by atoms with Crippen molar-refractivity contribution in [2.24, 2.45) is 0 Å². The summed E-state index contributed by atoms with van der Waals surface area (Å²) in [4.78, 5) is 24.8. The summed E-state index contributed by atoms with van der Waals surface area (Å²) in [7, 11) is 0. The Kier molecular flexibility index (Phi) is 5.21. The van der Waals surface area contributed by atoms with E-state index < -0.39 is 5.54 Å². The van der Waals surface area contributed by atoms with E-state index in [1.807, 2.05) is 45.0 Å². The van der Waals surface area contributed by atoms with E-state index >= 15 is 0 Å². The van der Waals surface area contributed by atoms with Gasteiger partial charge in [0.1, 0.15) is 5.70 Å². The Bertz CT molecular complexity index is 801. The number of benzene rings is 1. The van der Waals surface area contributed by atoms with Crippen molar-refractivity contribution in [1.29, 1.82) is 0 Å². The minimum Gasteiger partial charge on any atom is -0.346 e. The Morgan fingerprint density at radius 1 is 1.17 bits per heavy atom. The molecule has 2 aromatic rings. The molecule has 1 heterocycles. The predicted molar refractivity (Wildman–Crippen MR) is 96.9 cm³/mol. The van der Waals surface area contributed by atoms with Crippen LogP contribution in [0, 0.1) is 0 Å². The largest absolute Gasteiger partial charge is 0.346 e. The van der Waals surface area contributed by atoms with Crippen LogP contribution in [0.25, 0.3) is 11.8 Å². The van der Waals surface area contributed by atoms with Crippen LogP contribution < -0.4 is 10.9 Å². The average molecular weight is 375 g/mol. The van der Waals surface area contributed by atoms with Gasteiger partial charge in [0.25, 0.3) is 11.5 Å². The van der Waals surface area contributed by atoms with E-state index in [0.29, 0.717) is 0 Å². The van der Waals surface area contributed by atoms with Gasteiger partial charge < -0.3 is 5.32 Å². The zero-order chi connectivity index (χ0) is 17.0. The molecule has 1 N–H and O–H groups in total. The SMILES string of the molecule is CC(C)(C)NC(=O)/C(=C\c1cccc(Br)c1)n1ccccc1=O. The molecule has 5 heteroatoms. The Hall–Kier alpha value is -2.14. The predicted octanol–water partition coefficient (Wildman–Crippen LogP) is 3.52. The van der Waals surface area contributed by atoms with E-state index in [1.165, 1.54) is 10.6 Å². The molecule has 0 unspecified atom stereocenters. The van der Waals surface area contributed by atoms with E-state index in [9.17, 15) is 9.59 Å². The summed E-state index contributed by atoms with van der Waals surface area (Å²) in [5, 5.41) is 2.90. The second-order valence-electron chi connectivity index (χ2n) is 6.20. The molecule has 1 amide bonds. The third kappa shape index (κ3) is 4.93. The standard InChI is InChI=1S/C18H19BrN2O2/c1-18(2,3)20-17(23)15(21-10-5-4-9-16(21)22)12-13-7-6-8-14(19)11-13/h4-12H,1-3H3,(H,20,23)/b15-12+. The molecule has 0 aliphatic carbocycles. The van der Waals surface area contributed by atoms with Gasteiger partial charge in [-0.2, -0.15) is 0 Å². The second-order valence-corrected chi connectivity index (χ2v) is 7.11. The van der Waals surface area contributed by atoms with Crippen molar-refractivity contribution >= 4 is 33.6 Å². The zero-order valence-corrected chi connectivity index (χ0v) is 14.9. The Morgan fingerprint density at radius 3 is 2.52 bits per heavy atom. The first-order chi connectivity index (χ1) is 10.8. The molecule has 2 rings (SSSR count). The molecular formula is C18H19BrN2O2. The van der Waals surface area contributed by atoms with Crippen molar-refractivity contribution < 1.29 is 4.79 Å². The van der Waals surface area contributed by atoms with Gasteiger partial charge in [0, 0.05) is 22.3 Å². The van der Waals surface area contributed by atoms with Crippen molar-refractivity contribution in [2.75, 3.05) is 0 Å². The van der Waals surface area contributed by atoms with Gasteiger partial charge in [-0.15, -0.1) is 0 Å². The summed E-state index contributed by atoms with van der Waals surface area (Å²) < 4.78 is 2.25. The maximum Gasteiger partial charge on any atom is 0.268 e. The van der Waals surface area contributed by atoms with E-state index in [-0.39, 0.29) is 17.2 Å². The Labute approximate surface area is 144 Å². The number of nitrogens with one attached hydrogen (secondary N) is 1. The van der Waals surface area contributed by atoms with Gasteiger partial charge in [-0.25, -0.2) is 0 Å². The van der Waals surface area contributed by atoms with Gasteiger partial charge in [-0.05, 0) is 50.6 Å². The number of hydrogen-bond acceptors (Lipinski definition) is 2. The van der Waals surface area contributed by atoms with Crippen LogP contribution in [0.3, 0.4) is 0 Å². The van der Waals surface area contributed by atoms with Crippen LogP contribution in [0.15, 0.2) is 57.9 Å². The van der Waals surface area contributed by atoms with Crippen LogP contribution in [0.5, 0.6) is 0 Å². The monoisotopic (exact) mass is 374 g/mol. The summed E-state index contributed by atoms with van der Waals surface area (Å²) in [6.07, 6.45) is 3.29. The lowest BCUT2D eigenvalue weighted by Gasteiger charge is -2.22. The van der Waals surface area contributed by atoms with E-state index in [4.69, 9.17) is 0 Å². The number of pyridine rings is 1. The zero-order valence-electron chi connectivity index (χ0n) is 13.3. The highest BCUT2D eigenvalue weighted by atomic mass is 79.9. The number of rotatable bonds is 3. The molecule has 1 aromatic heterocycles. The maximum atomic E-state index is 12.6. The molecule has 1 aromatic carbocycles. The molecule has 0 bridgehead atoms. The molecule has 4 nitrogen and oxygen atoms in total. The fraction of sp³-hybridized carbons (Fsp3) is 0.222. The van der Waals surface area contributed by atoms with Crippen LogP contribution in [0.4, 0.5) is 0 Å². The first kappa shape index (κ1) is 17.2. The van der Waals surface area contributed by atoms with Gasteiger partial charge in [0.2, 0.25) is 0 Å². The van der Waals surface area contributed by atoms with Gasteiger partial charge in [-0.3, -0.25) is 14.2 Å². The quantitative estimate of drug-likeness (QED) is 0.835. The highest BCUT2D eigenvalue weighted by Gasteiger charge is 2.19. The summed E-state index contributed by atoms with van der Waals surface area (Å²) in [5.74, 6) is -0.300. The highest BCUT2D eigenvalue weighted by molar-refractivity contribution is 9.10. The molecule has 0 radical (unpaired) electrons. The third-order valence-electron chi connectivity index (χ3n) is 2.96. The van der Waals surface area contributed by atoms with Crippen molar-refractivity contribution in [3.8, 4) is 0 Å². The molecule has 0 fully saturated rings. The Balaban J connectivity index is 2.54. The molecular weight excluding hydrogens is 356 g/mol. The molecule has 23 heavy (non-hydrogen) atoms. The first-order valence-corrected chi connectivity index (χ1v) is 8.03. The number of nitrogens with zero attached hydrogens (tertiary/aromatic N) is 1. The van der Waals surface area contributed by atoms with E-state index in [2.05, 4.69) is 21.2 Å².